The number of hydrogen-bond acceptors (Lipinski definition) is 4. The molecule has 0 saturated carbocycles. The van der Waals surface area contributed by atoms with Gasteiger partial charge < -0.3 is 19.7 Å². The van der Waals surface area contributed by atoms with Crippen molar-refractivity contribution in [3.8, 4) is 0 Å². The summed E-state index contributed by atoms with van der Waals surface area (Å²) >= 11 is 0. The van der Waals surface area contributed by atoms with Crippen LogP contribution in [0.2, 0.25) is 0 Å². The number of nitrogens with zero attached hydrogens (tertiary/aromatic N) is 1. The number of aromatic amines is 1. The molecule has 1 aromatic carbocycles. The lowest BCUT2D eigenvalue weighted by Crippen LogP contribution is -2.39. The summed E-state index contributed by atoms with van der Waals surface area (Å²) in [5.74, 6) is -0.445. The van der Waals surface area contributed by atoms with E-state index in [4.69, 9.17) is 4.74 Å². The van der Waals surface area contributed by atoms with E-state index < -0.39 is 0 Å². The Bertz CT molecular complexity index is 909. The van der Waals surface area contributed by atoms with Gasteiger partial charge in [0.2, 0.25) is 0 Å². The van der Waals surface area contributed by atoms with Gasteiger partial charge in [0.05, 0.1) is 25.3 Å². The molecule has 0 saturated heterocycles. The first-order valence-electron chi connectivity index (χ1n) is 9.09. The number of carbonyl (C=O) groups is 1. The molecular weight excluding hydrogens is 328 g/mol. The summed E-state index contributed by atoms with van der Waals surface area (Å²) in [6.07, 6.45) is 5.55. The Morgan fingerprint density at radius 3 is 2.96 bits per heavy atom. The van der Waals surface area contributed by atoms with Crippen LogP contribution in [0.1, 0.15) is 30.6 Å². The van der Waals surface area contributed by atoms with Gasteiger partial charge in [-0.3, -0.25) is 0 Å². The van der Waals surface area contributed by atoms with Crippen LogP contribution in [0.4, 0.5) is 0 Å². The fourth-order valence-electron chi connectivity index (χ4n) is 4.43. The summed E-state index contributed by atoms with van der Waals surface area (Å²) in [7, 11) is 1.41. The predicted molar refractivity (Wildman–Crippen MR) is 100 cm³/mol. The highest BCUT2D eigenvalue weighted by molar-refractivity contribution is 5.90. The first-order valence-corrected chi connectivity index (χ1v) is 9.09. The Morgan fingerprint density at radius 2 is 2.23 bits per heavy atom. The molecule has 0 aliphatic carbocycles. The van der Waals surface area contributed by atoms with Gasteiger partial charge in [-0.2, -0.15) is 0 Å². The molecular formula is C21H24N2O3. The number of hydrogen-bond donors (Lipinski definition) is 2. The summed E-state index contributed by atoms with van der Waals surface area (Å²) < 4.78 is 5.01. The number of ether oxygens (including phenoxy) is 1. The Morgan fingerprint density at radius 1 is 1.42 bits per heavy atom. The lowest BCUT2D eigenvalue weighted by molar-refractivity contribution is -0.137. The van der Waals surface area contributed by atoms with E-state index in [1.165, 1.54) is 23.8 Å². The van der Waals surface area contributed by atoms with Crippen molar-refractivity contribution in [2.75, 3.05) is 20.3 Å². The van der Waals surface area contributed by atoms with E-state index in [0.717, 1.165) is 30.5 Å². The molecule has 5 heteroatoms. The molecule has 2 atom stereocenters. The van der Waals surface area contributed by atoms with Gasteiger partial charge in [0.15, 0.2) is 0 Å². The zero-order chi connectivity index (χ0) is 18.3. The third kappa shape index (κ3) is 2.54. The topological polar surface area (TPSA) is 65.6 Å². The monoisotopic (exact) mass is 352 g/mol. The molecule has 5 nitrogen and oxygen atoms in total. The minimum atomic E-state index is -0.316. The quantitative estimate of drug-likeness (QED) is 0.658. The summed E-state index contributed by atoms with van der Waals surface area (Å²) in [5.41, 5.74) is 5.26. The van der Waals surface area contributed by atoms with Gasteiger partial charge in [-0.25, -0.2) is 4.79 Å². The number of esters is 1. The second-order valence-electron chi connectivity index (χ2n) is 6.95. The van der Waals surface area contributed by atoms with Crippen LogP contribution in [0.5, 0.6) is 0 Å². The van der Waals surface area contributed by atoms with Crippen molar-refractivity contribution < 1.29 is 14.6 Å². The smallest absolute Gasteiger partial charge is 0.335 e. The van der Waals surface area contributed by atoms with Crippen LogP contribution in [-0.4, -0.2) is 41.2 Å². The van der Waals surface area contributed by atoms with Crippen LogP contribution in [0.15, 0.2) is 47.7 Å². The summed E-state index contributed by atoms with van der Waals surface area (Å²) in [6.45, 7) is 2.72. The molecule has 136 valence electrons. The number of carbonyl (C=O) groups excluding carboxylic acids is 1. The van der Waals surface area contributed by atoms with Crippen LogP contribution in [0, 0.1) is 5.92 Å². The third-order valence-electron chi connectivity index (χ3n) is 5.76. The van der Waals surface area contributed by atoms with Crippen LogP contribution in [0.25, 0.3) is 10.9 Å². The van der Waals surface area contributed by atoms with Crippen LogP contribution in [0.3, 0.4) is 0 Å². The maximum Gasteiger partial charge on any atom is 0.335 e. The number of para-hydroxylation sites is 1. The predicted octanol–water partition coefficient (Wildman–Crippen LogP) is 3.08. The third-order valence-corrected chi connectivity index (χ3v) is 5.76. The minimum Gasteiger partial charge on any atom is -0.466 e. The van der Waals surface area contributed by atoms with Gasteiger partial charge in [-0.05, 0) is 37.0 Å². The molecule has 0 spiro atoms. The van der Waals surface area contributed by atoms with E-state index in [2.05, 4.69) is 28.1 Å². The van der Waals surface area contributed by atoms with Crippen molar-refractivity contribution in [1.29, 1.82) is 0 Å². The number of aliphatic hydroxyl groups is 1. The van der Waals surface area contributed by atoms with Crippen molar-refractivity contribution in [3.63, 3.8) is 0 Å². The number of nitrogens with one attached hydrogen (secondary N) is 1. The van der Waals surface area contributed by atoms with Crippen molar-refractivity contribution in [2.45, 2.75) is 25.8 Å². The number of methoxy groups -OCH3 is 1. The van der Waals surface area contributed by atoms with E-state index in [-0.39, 0.29) is 24.5 Å². The number of fused-ring (bicyclic) bond motifs is 5. The van der Waals surface area contributed by atoms with Gasteiger partial charge in [-0.1, -0.05) is 24.3 Å². The molecule has 0 amide bonds. The molecule has 2 aliphatic rings. The minimum absolute atomic E-state index is 0.0538. The highest BCUT2D eigenvalue weighted by atomic mass is 16.5. The SMILES string of the molecule is CC=C(CO)C1CC2c3[nH]c4ccccc4c3CCN2C=C1C(=O)OC. The molecule has 1 aromatic heterocycles. The van der Waals surface area contributed by atoms with Crippen LogP contribution in [-0.2, 0) is 16.0 Å². The fourth-order valence-corrected chi connectivity index (χ4v) is 4.43. The second-order valence-corrected chi connectivity index (χ2v) is 6.95. The maximum absolute atomic E-state index is 12.3. The Balaban J connectivity index is 1.80. The molecule has 2 unspecified atom stereocenters. The van der Waals surface area contributed by atoms with Gasteiger partial charge in [0, 0.05) is 35.3 Å². The number of aromatic nitrogens is 1. The summed E-state index contributed by atoms with van der Waals surface area (Å²) in [6, 6.07) is 8.57. The standard InChI is InChI=1S/C21H24N2O3/c1-3-13(12-24)16-10-19-20-15(14-6-4-5-7-18(14)22-20)8-9-23(19)11-17(16)21(25)26-2/h3-7,11,16,19,22,24H,8-10,12H2,1-2H3. The lowest BCUT2D eigenvalue weighted by atomic mass is 9.79. The van der Waals surface area contributed by atoms with E-state index in [9.17, 15) is 9.90 Å². The second kappa shape index (κ2) is 6.65. The zero-order valence-corrected chi connectivity index (χ0v) is 15.2. The van der Waals surface area contributed by atoms with Gasteiger partial charge >= 0.3 is 5.97 Å². The lowest BCUT2D eigenvalue weighted by Gasteiger charge is -2.42. The number of aliphatic hydroxyl groups excluding tert-OH is 1. The summed E-state index contributed by atoms with van der Waals surface area (Å²) in [5, 5.41) is 11.1. The average Bonchev–Trinajstić information content (AvgIpc) is 3.07. The number of allylic oxidation sites excluding steroid dienone is 1. The maximum atomic E-state index is 12.3. The number of H-pyrrole nitrogens is 1. The summed E-state index contributed by atoms with van der Waals surface area (Å²) in [4.78, 5) is 18.2. The molecule has 4 rings (SSSR count). The van der Waals surface area contributed by atoms with E-state index in [0.29, 0.717) is 5.57 Å². The molecule has 26 heavy (non-hydrogen) atoms. The Hall–Kier alpha value is -2.53. The van der Waals surface area contributed by atoms with Crippen molar-refractivity contribution in [3.05, 3.63) is 58.9 Å². The molecule has 2 N–H and O–H groups in total. The molecule has 0 radical (unpaired) electrons. The molecule has 3 heterocycles. The average molecular weight is 352 g/mol. The van der Waals surface area contributed by atoms with E-state index >= 15 is 0 Å². The number of benzene rings is 1. The van der Waals surface area contributed by atoms with Gasteiger partial charge in [0.25, 0.3) is 0 Å². The first-order chi connectivity index (χ1) is 12.7. The molecule has 0 bridgehead atoms. The Kier molecular flexibility index (Phi) is 4.32. The highest BCUT2D eigenvalue weighted by Crippen LogP contribution is 2.44. The zero-order valence-electron chi connectivity index (χ0n) is 15.2. The van der Waals surface area contributed by atoms with E-state index in [1.807, 2.05) is 25.3 Å². The molecule has 0 fully saturated rings. The van der Waals surface area contributed by atoms with Gasteiger partial charge in [-0.15, -0.1) is 0 Å². The van der Waals surface area contributed by atoms with Crippen molar-refractivity contribution in [1.82, 2.24) is 9.88 Å². The fraction of sp³-hybridized carbons (Fsp3) is 0.381. The van der Waals surface area contributed by atoms with Crippen molar-refractivity contribution >= 4 is 16.9 Å². The van der Waals surface area contributed by atoms with Gasteiger partial charge in [0.1, 0.15) is 0 Å². The molecule has 2 aromatic rings. The van der Waals surface area contributed by atoms with Crippen LogP contribution < -0.4 is 0 Å². The first kappa shape index (κ1) is 16.9. The van der Waals surface area contributed by atoms with E-state index in [1.54, 1.807) is 0 Å². The highest BCUT2D eigenvalue weighted by Gasteiger charge is 2.38. The Labute approximate surface area is 153 Å². The van der Waals surface area contributed by atoms with Crippen LogP contribution >= 0.6 is 0 Å². The largest absolute Gasteiger partial charge is 0.466 e. The normalized spacial score (nSPS) is 22.7. The number of rotatable bonds is 3. The molecule has 2 aliphatic heterocycles. The van der Waals surface area contributed by atoms with Crippen molar-refractivity contribution in [2.24, 2.45) is 5.92 Å².